The minimum Gasteiger partial charge on any atom is -0.461 e. The molecule has 7 nitrogen and oxygen atoms in total. The van der Waals surface area contributed by atoms with Gasteiger partial charge in [0.25, 0.3) is 0 Å². The van der Waals surface area contributed by atoms with E-state index in [1.807, 2.05) is 26.0 Å². The predicted molar refractivity (Wildman–Crippen MR) is 108 cm³/mol. The van der Waals surface area contributed by atoms with Gasteiger partial charge in [0.1, 0.15) is 4.83 Å². The summed E-state index contributed by atoms with van der Waals surface area (Å²) in [5.41, 5.74) is 2.00. The zero-order chi connectivity index (χ0) is 19.0. The van der Waals surface area contributed by atoms with E-state index in [0.717, 1.165) is 28.8 Å². The third-order valence-corrected chi connectivity index (χ3v) is 5.50. The fraction of sp³-hybridized carbons (Fsp3) is 0.421. The van der Waals surface area contributed by atoms with Crippen LogP contribution in [0.3, 0.4) is 0 Å². The zero-order valence-electron chi connectivity index (χ0n) is 15.9. The zero-order valence-corrected chi connectivity index (χ0v) is 16.8. The molecular formula is C19H23N5O2S. The van der Waals surface area contributed by atoms with Crippen molar-refractivity contribution in [3.8, 4) is 11.6 Å². The molecule has 0 aliphatic carbocycles. The first kappa shape index (κ1) is 17.9. The molecule has 0 unspecified atom stereocenters. The molecule has 0 saturated carbocycles. The number of hydrogen-bond donors (Lipinski definition) is 1. The van der Waals surface area contributed by atoms with Crippen LogP contribution < -0.4 is 5.32 Å². The van der Waals surface area contributed by atoms with Gasteiger partial charge in [0.05, 0.1) is 17.8 Å². The van der Waals surface area contributed by atoms with E-state index in [0.29, 0.717) is 24.1 Å². The van der Waals surface area contributed by atoms with Gasteiger partial charge in [-0.05, 0) is 51.8 Å². The molecular weight excluding hydrogens is 362 g/mol. The van der Waals surface area contributed by atoms with E-state index >= 15 is 0 Å². The number of thiophene rings is 1. The van der Waals surface area contributed by atoms with Gasteiger partial charge in [-0.2, -0.15) is 4.52 Å². The average Bonchev–Trinajstić information content (AvgIpc) is 3.34. The molecule has 142 valence electrons. The number of aromatic nitrogens is 4. The Hall–Kier alpha value is -2.45. The fourth-order valence-electron chi connectivity index (χ4n) is 2.93. The molecule has 0 atom stereocenters. The molecule has 0 saturated heterocycles. The number of anilines is 1. The second kappa shape index (κ2) is 7.28. The Labute approximate surface area is 161 Å². The molecule has 0 aliphatic heterocycles. The highest BCUT2D eigenvalue weighted by Crippen LogP contribution is 2.33. The number of hydrogen-bond acceptors (Lipinski definition) is 7. The van der Waals surface area contributed by atoms with E-state index in [1.165, 1.54) is 10.4 Å². The Bertz CT molecular complexity index is 1070. The summed E-state index contributed by atoms with van der Waals surface area (Å²) in [5, 5.41) is 9.08. The maximum absolute atomic E-state index is 5.60. The number of ether oxygens (including phenoxy) is 1. The highest BCUT2D eigenvalue weighted by atomic mass is 32.1. The average molecular weight is 385 g/mol. The Morgan fingerprint density at radius 3 is 2.89 bits per heavy atom. The lowest BCUT2D eigenvalue weighted by atomic mass is 10.2. The topological polar surface area (TPSA) is 77.5 Å². The first-order chi connectivity index (χ1) is 13.0. The van der Waals surface area contributed by atoms with Crippen molar-refractivity contribution in [3.63, 3.8) is 0 Å². The van der Waals surface area contributed by atoms with Crippen molar-refractivity contribution >= 4 is 33.1 Å². The van der Waals surface area contributed by atoms with Crippen molar-refractivity contribution in [2.75, 3.05) is 18.5 Å². The smallest absolute Gasteiger partial charge is 0.227 e. The van der Waals surface area contributed by atoms with Crippen LogP contribution in [0.15, 0.2) is 22.8 Å². The molecule has 4 heterocycles. The Balaban J connectivity index is 1.73. The molecule has 4 aromatic heterocycles. The van der Waals surface area contributed by atoms with E-state index in [9.17, 15) is 0 Å². The Kier molecular flexibility index (Phi) is 4.84. The van der Waals surface area contributed by atoms with Crippen molar-refractivity contribution in [2.45, 2.75) is 40.2 Å². The van der Waals surface area contributed by atoms with Gasteiger partial charge in [0.15, 0.2) is 11.4 Å². The van der Waals surface area contributed by atoms with Crippen LogP contribution in [-0.2, 0) is 4.74 Å². The molecule has 1 N–H and O–H groups in total. The van der Waals surface area contributed by atoms with Crippen LogP contribution in [0.4, 0.5) is 5.95 Å². The lowest BCUT2D eigenvalue weighted by Gasteiger charge is -2.09. The number of rotatable bonds is 7. The Morgan fingerprint density at radius 1 is 1.30 bits per heavy atom. The van der Waals surface area contributed by atoms with Gasteiger partial charge in [-0.25, -0.2) is 9.97 Å². The standard InChI is InChI=1S/C19H23N5O2S/c1-11(2)25-10-6-8-20-19-22-18-15(12(3)13(4)27-18)17-21-16(23-24(17)19)14-7-5-9-26-14/h5,7,9,11H,6,8,10H2,1-4H3,(H,20,22). The minimum atomic E-state index is 0.245. The van der Waals surface area contributed by atoms with Crippen LogP contribution >= 0.6 is 11.3 Å². The number of nitrogens with one attached hydrogen (secondary N) is 1. The summed E-state index contributed by atoms with van der Waals surface area (Å²) in [6.07, 6.45) is 2.76. The second-order valence-corrected chi connectivity index (χ2v) is 7.95. The highest BCUT2D eigenvalue weighted by Gasteiger charge is 2.19. The van der Waals surface area contributed by atoms with Crippen molar-refractivity contribution in [1.82, 2.24) is 19.6 Å². The second-order valence-electron chi connectivity index (χ2n) is 6.75. The van der Waals surface area contributed by atoms with Gasteiger partial charge in [-0.15, -0.1) is 16.4 Å². The quantitative estimate of drug-likeness (QED) is 0.474. The summed E-state index contributed by atoms with van der Waals surface area (Å²) in [5.74, 6) is 1.89. The van der Waals surface area contributed by atoms with Gasteiger partial charge < -0.3 is 14.5 Å². The van der Waals surface area contributed by atoms with Crippen LogP contribution in [-0.4, -0.2) is 38.8 Å². The summed E-state index contributed by atoms with van der Waals surface area (Å²) >= 11 is 1.68. The van der Waals surface area contributed by atoms with Crippen LogP contribution in [0.5, 0.6) is 0 Å². The number of nitrogens with zero attached hydrogens (tertiary/aromatic N) is 4. The minimum absolute atomic E-state index is 0.245. The number of fused-ring (bicyclic) bond motifs is 3. The lowest BCUT2D eigenvalue weighted by molar-refractivity contribution is 0.0787. The van der Waals surface area contributed by atoms with Gasteiger partial charge in [-0.3, -0.25) is 0 Å². The van der Waals surface area contributed by atoms with Crippen LogP contribution in [0.2, 0.25) is 0 Å². The Morgan fingerprint density at radius 2 is 2.15 bits per heavy atom. The monoisotopic (exact) mass is 385 g/mol. The first-order valence-corrected chi connectivity index (χ1v) is 9.92. The van der Waals surface area contributed by atoms with Gasteiger partial charge in [0, 0.05) is 18.0 Å². The third-order valence-electron chi connectivity index (χ3n) is 4.40. The molecule has 4 aromatic rings. The maximum Gasteiger partial charge on any atom is 0.227 e. The summed E-state index contributed by atoms with van der Waals surface area (Å²) in [7, 11) is 0. The lowest BCUT2D eigenvalue weighted by Crippen LogP contribution is -2.12. The fourth-order valence-corrected chi connectivity index (χ4v) is 3.96. The van der Waals surface area contributed by atoms with E-state index in [-0.39, 0.29) is 6.10 Å². The van der Waals surface area contributed by atoms with Gasteiger partial charge >= 0.3 is 0 Å². The van der Waals surface area contributed by atoms with Crippen molar-refractivity contribution in [3.05, 3.63) is 28.8 Å². The molecule has 0 radical (unpaired) electrons. The number of furan rings is 1. The molecule has 27 heavy (non-hydrogen) atoms. The van der Waals surface area contributed by atoms with E-state index in [4.69, 9.17) is 19.1 Å². The highest BCUT2D eigenvalue weighted by molar-refractivity contribution is 7.18. The van der Waals surface area contributed by atoms with E-state index in [2.05, 4.69) is 24.3 Å². The largest absolute Gasteiger partial charge is 0.461 e. The van der Waals surface area contributed by atoms with Crippen LogP contribution in [0.25, 0.3) is 27.4 Å². The molecule has 4 rings (SSSR count). The molecule has 0 aromatic carbocycles. The maximum atomic E-state index is 5.60. The van der Waals surface area contributed by atoms with Gasteiger partial charge in [0.2, 0.25) is 11.8 Å². The molecule has 0 bridgehead atoms. The SMILES string of the molecule is Cc1sc2nc(NCCCOC(C)C)n3nc(-c4ccco4)nc3c2c1C. The summed E-state index contributed by atoms with van der Waals surface area (Å²) < 4.78 is 12.9. The van der Waals surface area contributed by atoms with Crippen molar-refractivity contribution in [1.29, 1.82) is 0 Å². The molecule has 0 spiro atoms. The predicted octanol–water partition coefficient (Wildman–Crippen LogP) is 4.44. The first-order valence-electron chi connectivity index (χ1n) is 9.10. The number of aryl methyl sites for hydroxylation is 2. The van der Waals surface area contributed by atoms with Crippen LogP contribution in [0.1, 0.15) is 30.7 Å². The molecule has 8 heteroatoms. The molecule has 0 aliphatic rings. The normalized spacial score (nSPS) is 11.9. The summed E-state index contributed by atoms with van der Waals surface area (Å²) in [4.78, 5) is 11.8. The van der Waals surface area contributed by atoms with E-state index in [1.54, 1.807) is 22.1 Å². The molecule has 0 amide bonds. The molecule has 0 fully saturated rings. The summed E-state index contributed by atoms with van der Waals surface area (Å²) in [6.45, 7) is 9.76. The van der Waals surface area contributed by atoms with Crippen molar-refractivity contribution in [2.24, 2.45) is 0 Å². The third kappa shape index (κ3) is 3.42. The van der Waals surface area contributed by atoms with Crippen LogP contribution in [0, 0.1) is 13.8 Å². The van der Waals surface area contributed by atoms with E-state index < -0.39 is 0 Å². The van der Waals surface area contributed by atoms with Gasteiger partial charge in [-0.1, -0.05) is 0 Å². The summed E-state index contributed by atoms with van der Waals surface area (Å²) in [6, 6.07) is 3.70. The van der Waals surface area contributed by atoms with Crippen molar-refractivity contribution < 1.29 is 9.15 Å².